The first-order valence-electron chi connectivity index (χ1n) is 4.74. The van der Waals surface area contributed by atoms with Crippen molar-refractivity contribution in [3.05, 3.63) is 0 Å². The van der Waals surface area contributed by atoms with Gasteiger partial charge in [0, 0.05) is 26.7 Å². The molecular weight excluding hydrogens is 186 g/mol. The second-order valence-corrected chi connectivity index (χ2v) is 3.06. The van der Waals surface area contributed by atoms with Crippen molar-refractivity contribution in [1.82, 2.24) is 5.32 Å². The molecule has 0 radical (unpaired) electrons. The molecule has 3 N–H and O–H groups in total. The molecule has 0 aliphatic heterocycles. The van der Waals surface area contributed by atoms with Crippen LogP contribution in [0.1, 0.15) is 19.3 Å². The summed E-state index contributed by atoms with van der Waals surface area (Å²) in [6.07, 6.45) is 1.26. The fraction of sp³-hybridized carbons (Fsp3) is 0.889. The normalized spacial score (nSPS) is 12.5. The Bertz CT molecular complexity index is 146. The second kappa shape index (κ2) is 8.93. The summed E-state index contributed by atoms with van der Waals surface area (Å²) in [6, 6.07) is -0.142. The molecule has 0 aliphatic carbocycles. The van der Waals surface area contributed by atoms with Gasteiger partial charge in [-0.2, -0.15) is 0 Å². The summed E-state index contributed by atoms with van der Waals surface area (Å²) in [5.41, 5.74) is 0. The Kier molecular flexibility index (Phi) is 8.51. The van der Waals surface area contributed by atoms with E-state index in [2.05, 4.69) is 5.32 Å². The molecule has 84 valence electrons. The van der Waals surface area contributed by atoms with Gasteiger partial charge in [0.05, 0.1) is 12.6 Å². The maximum absolute atomic E-state index is 11.2. The molecule has 1 atom stereocenters. The zero-order chi connectivity index (χ0) is 10.8. The van der Waals surface area contributed by atoms with E-state index in [1.54, 1.807) is 7.11 Å². The molecule has 0 fully saturated rings. The minimum atomic E-state index is -0.142. The van der Waals surface area contributed by atoms with E-state index in [0.29, 0.717) is 25.9 Å². The Balaban J connectivity index is 3.71. The SMILES string of the molecule is COCC(CCO)NC(=O)CCCO. The summed E-state index contributed by atoms with van der Waals surface area (Å²) in [6.45, 7) is 0.433. The van der Waals surface area contributed by atoms with Crippen molar-refractivity contribution >= 4 is 5.91 Å². The summed E-state index contributed by atoms with van der Waals surface area (Å²) >= 11 is 0. The lowest BCUT2D eigenvalue weighted by Gasteiger charge is -2.16. The van der Waals surface area contributed by atoms with Gasteiger partial charge in [0.25, 0.3) is 0 Å². The summed E-state index contributed by atoms with van der Waals surface area (Å²) in [4.78, 5) is 11.2. The smallest absolute Gasteiger partial charge is 0.220 e. The maximum Gasteiger partial charge on any atom is 0.220 e. The third kappa shape index (κ3) is 6.82. The molecule has 0 heterocycles. The highest BCUT2D eigenvalue weighted by Gasteiger charge is 2.10. The van der Waals surface area contributed by atoms with Gasteiger partial charge in [-0.3, -0.25) is 4.79 Å². The third-order valence-electron chi connectivity index (χ3n) is 1.77. The molecule has 0 saturated heterocycles. The first-order valence-corrected chi connectivity index (χ1v) is 4.74. The predicted molar refractivity (Wildman–Crippen MR) is 51.8 cm³/mol. The molecule has 0 aromatic heterocycles. The topological polar surface area (TPSA) is 78.8 Å². The number of hydrogen-bond donors (Lipinski definition) is 3. The Morgan fingerprint density at radius 3 is 2.64 bits per heavy atom. The van der Waals surface area contributed by atoms with Gasteiger partial charge >= 0.3 is 0 Å². The van der Waals surface area contributed by atoms with Crippen molar-refractivity contribution in [2.24, 2.45) is 0 Å². The van der Waals surface area contributed by atoms with Gasteiger partial charge in [0.1, 0.15) is 0 Å². The zero-order valence-corrected chi connectivity index (χ0v) is 8.53. The Morgan fingerprint density at radius 1 is 1.43 bits per heavy atom. The highest BCUT2D eigenvalue weighted by Crippen LogP contribution is 1.94. The van der Waals surface area contributed by atoms with Crippen LogP contribution >= 0.6 is 0 Å². The summed E-state index contributed by atoms with van der Waals surface area (Å²) in [5.74, 6) is -0.116. The lowest BCUT2D eigenvalue weighted by atomic mass is 10.2. The molecule has 14 heavy (non-hydrogen) atoms. The first-order chi connectivity index (χ1) is 6.74. The molecule has 0 bridgehead atoms. The summed E-state index contributed by atoms with van der Waals surface area (Å²) in [7, 11) is 1.55. The van der Waals surface area contributed by atoms with Gasteiger partial charge in [0.2, 0.25) is 5.91 Å². The predicted octanol–water partition coefficient (Wildman–Crippen LogP) is -0.728. The van der Waals surface area contributed by atoms with Crippen molar-refractivity contribution in [3.63, 3.8) is 0 Å². The first kappa shape index (κ1) is 13.4. The molecule has 5 nitrogen and oxygen atoms in total. The van der Waals surface area contributed by atoms with E-state index in [-0.39, 0.29) is 25.2 Å². The van der Waals surface area contributed by atoms with Crippen LogP contribution in [0.5, 0.6) is 0 Å². The second-order valence-electron chi connectivity index (χ2n) is 3.06. The highest BCUT2D eigenvalue weighted by atomic mass is 16.5. The quantitative estimate of drug-likeness (QED) is 0.488. The van der Waals surface area contributed by atoms with Crippen LogP contribution in [0, 0.1) is 0 Å². The van der Waals surface area contributed by atoms with Crippen LogP contribution in [0.2, 0.25) is 0 Å². The number of hydrogen-bond acceptors (Lipinski definition) is 4. The van der Waals surface area contributed by atoms with Crippen molar-refractivity contribution in [2.45, 2.75) is 25.3 Å². The fourth-order valence-corrected chi connectivity index (χ4v) is 1.09. The number of methoxy groups -OCH3 is 1. The monoisotopic (exact) mass is 205 g/mol. The third-order valence-corrected chi connectivity index (χ3v) is 1.77. The van der Waals surface area contributed by atoms with Crippen LogP contribution in [-0.4, -0.2) is 49.1 Å². The van der Waals surface area contributed by atoms with Crippen LogP contribution in [0.15, 0.2) is 0 Å². The minimum absolute atomic E-state index is 0.0162. The number of aliphatic hydroxyl groups excluding tert-OH is 2. The van der Waals surface area contributed by atoms with Crippen molar-refractivity contribution in [2.75, 3.05) is 26.9 Å². The van der Waals surface area contributed by atoms with Crippen LogP contribution in [0.3, 0.4) is 0 Å². The molecule has 0 spiro atoms. The number of rotatable bonds is 8. The molecular formula is C9H19NO4. The van der Waals surface area contributed by atoms with Crippen LogP contribution < -0.4 is 5.32 Å². The van der Waals surface area contributed by atoms with Gasteiger partial charge < -0.3 is 20.3 Å². The van der Waals surface area contributed by atoms with E-state index in [0.717, 1.165) is 0 Å². The molecule has 1 amide bonds. The molecule has 0 aliphatic rings. The molecule has 0 aromatic carbocycles. The highest BCUT2D eigenvalue weighted by molar-refractivity contribution is 5.76. The number of aliphatic hydroxyl groups is 2. The van der Waals surface area contributed by atoms with Crippen LogP contribution in [0.4, 0.5) is 0 Å². The molecule has 0 rings (SSSR count). The van der Waals surface area contributed by atoms with E-state index in [1.807, 2.05) is 0 Å². The summed E-state index contributed by atoms with van der Waals surface area (Å²) < 4.78 is 4.89. The van der Waals surface area contributed by atoms with Gasteiger partial charge in [0.15, 0.2) is 0 Å². The summed E-state index contributed by atoms with van der Waals surface area (Å²) in [5, 5.41) is 19.9. The van der Waals surface area contributed by atoms with E-state index < -0.39 is 0 Å². The van der Waals surface area contributed by atoms with Gasteiger partial charge in [-0.25, -0.2) is 0 Å². The molecule has 0 saturated carbocycles. The standard InChI is InChI=1S/C9H19NO4/c1-14-7-8(4-6-12)10-9(13)3-2-5-11/h8,11-12H,2-7H2,1H3,(H,10,13). The molecule has 0 aromatic rings. The Morgan fingerprint density at radius 2 is 2.14 bits per heavy atom. The van der Waals surface area contributed by atoms with E-state index in [9.17, 15) is 4.79 Å². The van der Waals surface area contributed by atoms with Gasteiger partial charge in [-0.15, -0.1) is 0 Å². The number of ether oxygens (including phenoxy) is 1. The van der Waals surface area contributed by atoms with Crippen molar-refractivity contribution in [1.29, 1.82) is 0 Å². The average molecular weight is 205 g/mol. The lowest BCUT2D eigenvalue weighted by Crippen LogP contribution is -2.38. The van der Waals surface area contributed by atoms with Crippen LogP contribution in [0.25, 0.3) is 0 Å². The van der Waals surface area contributed by atoms with E-state index >= 15 is 0 Å². The fourth-order valence-electron chi connectivity index (χ4n) is 1.09. The maximum atomic E-state index is 11.2. The Hall–Kier alpha value is -0.650. The van der Waals surface area contributed by atoms with Crippen molar-refractivity contribution in [3.8, 4) is 0 Å². The largest absolute Gasteiger partial charge is 0.396 e. The number of nitrogens with one attached hydrogen (secondary N) is 1. The number of carbonyl (C=O) groups is 1. The van der Waals surface area contributed by atoms with E-state index in [4.69, 9.17) is 14.9 Å². The number of carbonyl (C=O) groups excluding carboxylic acids is 1. The van der Waals surface area contributed by atoms with Crippen LogP contribution in [-0.2, 0) is 9.53 Å². The van der Waals surface area contributed by atoms with Gasteiger partial charge in [-0.1, -0.05) is 0 Å². The molecule has 5 heteroatoms. The zero-order valence-electron chi connectivity index (χ0n) is 8.53. The lowest BCUT2D eigenvalue weighted by molar-refractivity contribution is -0.122. The average Bonchev–Trinajstić information content (AvgIpc) is 2.15. The number of amides is 1. The Labute approximate surface area is 84.1 Å². The molecule has 1 unspecified atom stereocenters. The van der Waals surface area contributed by atoms with Crippen molar-refractivity contribution < 1.29 is 19.7 Å². The minimum Gasteiger partial charge on any atom is -0.396 e. The van der Waals surface area contributed by atoms with Gasteiger partial charge in [-0.05, 0) is 12.8 Å². The van der Waals surface area contributed by atoms with E-state index in [1.165, 1.54) is 0 Å².